The van der Waals surface area contributed by atoms with Crippen LogP contribution in [0.1, 0.15) is 40.0 Å². The van der Waals surface area contributed by atoms with Crippen LogP contribution in [0.5, 0.6) is 0 Å². The number of nitrogens with one attached hydrogen (secondary N) is 1. The van der Waals surface area contributed by atoms with Gasteiger partial charge in [-0.05, 0) is 18.3 Å². The summed E-state index contributed by atoms with van der Waals surface area (Å²) >= 11 is 0. The summed E-state index contributed by atoms with van der Waals surface area (Å²) in [4.78, 5) is 24.4. The van der Waals surface area contributed by atoms with Crippen LogP contribution in [-0.4, -0.2) is 20.6 Å². The van der Waals surface area contributed by atoms with Crippen LogP contribution in [0.2, 0.25) is 0 Å². The van der Waals surface area contributed by atoms with Gasteiger partial charge in [0.1, 0.15) is 11.4 Å². The molecule has 0 unspecified atom stereocenters. The number of anilines is 2. The Morgan fingerprint density at radius 2 is 1.67 bits per heavy atom. The van der Waals surface area contributed by atoms with Gasteiger partial charge in [-0.15, -0.1) is 0 Å². The van der Waals surface area contributed by atoms with Crippen LogP contribution in [-0.2, 0) is 0 Å². The van der Waals surface area contributed by atoms with Gasteiger partial charge in [0.05, 0.1) is 0 Å². The average molecular weight is 252 g/mol. The lowest BCUT2D eigenvalue weighted by Crippen LogP contribution is -2.40. The summed E-state index contributed by atoms with van der Waals surface area (Å²) in [6, 6.07) is 0. The maximum Gasteiger partial charge on any atom is 0.253 e. The molecule has 1 N–H and O–H groups in total. The number of hydrogen-bond donors (Lipinski definition) is 1. The predicted molar refractivity (Wildman–Crippen MR) is 77.5 cm³/mol. The van der Waals surface area contributed by atoms with E-state index in [1.807, 2.05) is 0 Å². The molecule has 0 spiro atoms. The molecule has 1 aromatic carbocycles. The third-order valence-corrected chi connectivity index (χ3v) is 2.99. The van der Waals surface area contributed by atoms with Crippen molar-refractivity contribution in [2.75, 3.05) is 30.9 Å². The fourth-order valence-electron chi connectivity index (χ4n) is 1.96. The molecule has 0 aliphatic heterocycles. The van der Waals surface area contributed by atoms with Crippen molar-refractivity contribution in [3.63, 3.8) is 0 Å². The van der Waals surface area contributed by atoms with E-state index in [1.165, 1.54) is 6.42 Å². The molecule has 1 rings (SSSR count). The SMILES string of the molecule is CN(C)c1c(NCCCCC(C)(C)C)c(=O)c1=O. The quantitative estimate of drug-likeness (QED) is 0.621. The molecule has 0 atom stereocenters. The highest BCUT2D eigenvalue weighted by Crippen LogP contribution is 2.22. The monoisotopic (exact) mass is 252 g/mol. The molecule has 0 fully saturated rings. The van der Waals surface area contributed by atoms with Crippen LogP contribution >= 0.6 is 0 Å². The van der Waals surface area contributed by atoms with Crippen molar-refractivity contribution in [2.45, 2.75) is 40.0 Å². The summed E-state index contributed by atoms with van der Waals surface area (Å²) in [5, 5.41) is 3.08. The van der Waals surface area contributed by atoms with E-state index in [2.05, 4.69) is 26.1 Å². The fraction of sp³-hybridized carbons (Fsp3) is 0.714. The average Bonchev–Trinajstić information content (AvgIpc) is 2.24. The summed E-state index contributed by atoms with van der Waals surface area (Å²) in [5.41, 5.74) is 0.597. The maximum absolute atomic E-state index is 11.4. The molecule has 0 bridgehead atoms. The van der Waals surface area contributed by atoms with E-state index in [4.69, 9.17) is 0 Å². The minimum atomic E-state index is -0.380. The first-order chi connectivity index (χ1) is 8.24. The van der Waals surface area contributed by atoms with Gasteiger partial charge in [0.25, 0.3) is 10.9 Å². The van der Waals surface area contributed by atoms with E-state index in [0.29, 0.717) is 16.8 Å². The summed E-state index contributed by atoms with van der Waals surface area (Å²) in [6.45, 7) is 7.42. The molecule has 0 amide bonds. The highest BCUT2D eigenvalue weighted by molar-refractivity contribution is 5.74. The zero-order valence-corrected chi connectivity index (χ0v) is 12.1. The van der Waals surface area contributed by atoms with Gasteiger partial charge in [-0.1, -0.05) is 27.2 Å². The van der Waals surface area contributed by atoms with Crippen LogP contribution in [0, 0.1) is 5.41 Å². The third kappa shape index (κ3) is 3.59. The van der Waals surface area contributed by atoms with Crippen LogP contribution in [0.15, 0.2) is 9.59 Å². The van der Waals surface area contributed by atoms with Crippen molar-refractivity contribution < 1.29 is 0 Å². The Balaban J connectivity index is 2.39. The number of hydrogen-bond acceptors (Lipinski definition) is 4. The zero-order chi connectivity index (χ0) is 13.9. The highest BCUT2D eigenvalue weighted by Gasteiger charge is 2.21. The Labute approximate surface area is 109 Å². The van der Waals surface area contributed by atoms with E-state index in [9.17, 15) is 9.59 Å². The molecular weight excluding hydrogens is 228 g/mol. The van der Waals surface area contributed by atoms with Crippen LogP contribution in [0.3, 0.4) is 0 Å². The Morgan fingerprint density at radius 3 is 2.17 bits per heavy atom. The summed E-state index contributed by atoms with van der Waals surface area (Å²) in [5.74, 6) is 0. The second kappa shape index (κ2) is 5.55. The number of unbranched alkanes of at least 4 members (excludes halogenated alkanes) is 1. The number of rotatable bonds is 6. The van der Waals surface area contributed by atoms with Crippen molar-refractivity contribution in [2.24, 2.45) is 5.41 Å². The fourth-order valence-corrected chi connectivity index (χ4v) is 1.96. The molecule has 0 aromatic heterocycles. The topological polar surface area (TPSA) is 49.4 Å². The van der Waals surface area contributed by atoms with Crippen LogP contribution < -0.4 is 21.1 Å². The van der Waals surface area contributed by atoms with Gasteiger partial charge in [-0.25, -0.2) is 0 Å². The van der Waals surface area contributed by atoms with E-state index in [-0.39, 0.29) is 10.9 Å². The first-order valence-electron chi connectivity index (χ1n) is 6.48. The molecule has 0 saturated heterocycles. The Bertz CT molecular complexity index is 463. The predicted octanol–water partition coefficient (Wildman–Crippen LogP) is 1.98. The molecule has 18 heavy (non-hydrogen) atoms. The molecule has 1 aromatic rings. The molecule has 0 heterocycles. The zero-order valence-electron chi connectivity index (χ0n) is 12.1. The van der Waals surface area contributed by atoms with E-state index in [1.54, 1.807) is 19.0 Å². The van der Waals surface area contributed by atoms with Gasteiger partial charge in [0, 0.05) is 20.6 Å². The molecule has 102 valence electrons. The van der Waals surface area contributed by atoms with Crippen molar-refractivity contribution >= 4 is 11.4 Å². The van der Waals surface area contributed by atoms with Crippen molar-refractivity contribution in [1.29, 1.82) is 0 Å². The lowest BCUT2D eigenvalue weighted by atomic mass is 9.90. The number of nitrogens with zero attached hydrogens (tertiary/aromatic N) is 1. The van der Waals surface area contributed by atoms with Gasteiger partial charge < -0.3 is 10.2 Å². The van der Waals surface area contributed by atoms with Crippen molar-refractivity contribution in [1.82, 2.24) is 0 Å². The Kier molecular flexibility index (Phi) is 4.54. The standard InChI is InChI=1S/C14H24N2O2/c1-14(2,3)8-6-7-9-15-10-11(16(4)5)13(18)12(10)17/h15H,6-9H2,1-5H3. The normalized spacial score (nSPS) is 11.8. The molecule has 0 radical (unpaired) electrons. The van der Waals surface area contributed by atoms with Gasteiger partial charge in [-0.2, -0.15) is 0 Å². The van der Waals surface area contributed by atoms with E-state index >= 15 is 0 Å². The van der Waals surface area contributed by atoms with Gasteiger partial charge in [0.15, 0.2) is 0 Å². The minimum Gasteiger partial charge on any atom is -0.380 e. The van der Waals surface area contributed by atoms with Gasteiger partial charge in [-0.3, -0.25) is 9.59 Å². The Morgan fingerprint density at radius 1 is 1.06 bits per heavy atom. The maximum atomic E-state index is 11.4. The second-order valence-corrected chi connectivity index (χ2v) is 6.22. The van der Waals surface area contributed by atoms with Crippen molar-refractivity contribution in [3.8, 4) is 0 Å². The van der Waals surface area contributed by atoms with Crippen LogP contribution in [0.4, 0.5) is 11.4 Å². The first kappa shape index (κ1) is 14.7. The molecular formula is C14H24N2O2. The first-order valence-corrected chi connectivity index (χ1v) is 6.48. The minimum absolute atomic E-state index is 0.357. The van der Waals surface area contributed by atoms with Gasteiger partial charge >= 0.3 is 0 Å². The summed E-state index contributed by atoms with van der Waals surface area (Å²) in [6.07, 6.45) is 3.31. The lowest BCUT2D eigenvalue weighted by Gasteiger charge is -2.20. The molecule has 4 nitrogen and oxygen atoms in total. The summed E-state index contributed by atoms with van der Waals surface area (Å²) in [7, 11) is 3.56. The van der Waals surface area contributed by atoms with Crippen LogP contribution in [0.25, 0.3) is 0 Å². The second-order valence-electron chi connectivity index (χ2n) is 6.22. The van der Waals surface area contributed by atoms with E-state index < -0.39 is 0 Å². The largest absolute Gasteiger partial charge is 0.380 e. The van der Waals surface area contributed by atoms with E-state index in [0.717, 1.165) is 19.4 Å². The highest BCUT2D eigenvalue weighted by atomic mass is 16.2. The van der Waals surface area contributed by atoms with Crippen molar-refractivity contribution in [3.05, 3.63) is 20.4 Å². The molecule has 4 heteroatoms. The molecule has 0 aliphatic rings. The molecule has 0 saturated carbocycles. The Hall–Kier alpha value is -1.32. The smallest absolute Gasteiger partial charge is 0.253 e. The molecule has 0 aliphatic carbocycles. The van der Waals surface area contributed by atoms with Gasteiger partial charge in [0.2, 0.25) is 0 Å². The third-order valence-electron chi connectivity index (χ3n) is 2.99. The summed E-state index contributed by atoms with van der Waals surface area (Å²) < 4.78 is 0. The lowest BCUT2D eigenvalue weighted by molar-refractivity contribution is 0.362.